The zero-order valence-corrected chi connectivity index (χ0v) is 16.8. The summed E-state index contributed by atoms with van der Waals surface area (Å²) in [7, 11) is 1.54. The highest BCUT2D eigenvalue weighted by molar-refractivity contribution is 6.46. The molecule has 3 rings (SSSR count). The minimum atomic E-state index is -0.695. The number of amides is 1. The highest BCUT2D eigenvalue weighted by Gasteiger charge is 2.45. The van der Waals surface area contributed by atoms with Crippen LogP contribution in [0.2, 0.25) is 0 Å². The number of rotatable bonds is 7. The third-order valence-corrected chi connectivity index (χ3v) is 4.87. The molecule has 1 aliphatic heterocycles. The lowest BCUT2D eigenvalue weighted by Gasteiger charge is -2.25. The molecule has 1 amide bonds. The van der Waals surface area contributed by atoms with Gasteiger partial charge in [-0.3, -0.25) is 9.59 Å². The SMILES string of the molecule is CCOc1ccc(/C(O)=C2/C(=O)C(=O)N(CCOC)C2c2cccc(C)c2)cc1. The van der Waals surface area contributed by atoms with Gasteiger partial charge in [-0.1, -0.05) is 29.8 Å². The summed E-state index contributed by atoms with van der Waals surface area (Å²) in [5, 5.41) is 11.0. The molecule has 2 aromatic rings. The van der Waals surface area contributed by atoms with Gasteiger partial charge in [-0.2, -0.15) is 0 Å². The Labute approximate surface area is 170 Å². The van der Waals surface area contributed by atoms with Crippen LogP contribution in [0.25, 0.3) is 5.76 Å². The Morgan fingerprint density at radius 1 is 1.14 bits per heavy atom. The van der Waals surface area contributed by atoms with E-state index in [9.17, 15) is 14.7 Å². The summed E-state index contributed by atoms with van der Waals surface area (Å²) in [4.78, 5) is 27.0. The average molecular weight is 395 g/mol. The molecule has 1 unspecified atom stereocenters. The zero-order valence-electron chi connectivity index (χ0n) is 16.8. The fraction of sp³-hybridized carbons (Fsp3) is 0.304. The number of ketones is 1. The molecule has 1 fully saturated rings. The number of likely N-dealkylation sites (tertiary alicyclic amines) is 1. The summed E-state index contributed by atoms with van der Waals surface area (Å²) in [6, 6.07) is 13.7. The van der Waals surface area contributed by atoms with Gasteiger partial charge >= 0.3 is 0 Å². The first-order valence-corrected chi connectivity index (χ1v) is 9.55. The summed E-state index contributed by atoms with van der Waals surface area (Å²) in [6.45, 7) is 4.90. The molecule has 1 atom stereocenters. The van der Waals surface area contributed by atoms with Crippen molar-refractivity contribution in [2.24, 2.45) is 0 Å². The Balaban J connectivity index is 2.10. The van der Waals surface area contributed by atoms with E-state index in [1.165, 1.54) is 12.0 Å². The van der Waals surface area contributed by atoms with Crippen molar-refractivity contribution in [3.8, 4) is 5.75 Å². The second-order valence-corrected chi connectivity index (χ2v) is 6.86. The van der Waals surface area contributed by atoms with Crippen molar-refractivity contribution in [2.45, 2.75) is 19.9 Å². The van der Waals surface area contributed by atoms with Crippen molar-refractivity contribution >= 4 is 17.4 Å². The molecule has 0 radical (unpaired) electrons. The lowest BCUT2D eigenvalue weighted by atomic mass is 9.94. The maximum atomic E-state index is 12.9. The van der Waals surface area contributed by atoms with Gasteiger partial charge in [-0.05, 0) is 43.7 Å². The van der Waals surface area contributed by atoms with Gasteiger partial charge in [0, 0.05) is 19.2 Å². The van der Waals surface area contributed by atoms with E-state index in [1.807, 2.05) is 38.1 Å². The van der Waals surface area contributed by atoms with E-state index in [0.29, 0.717) is 24.5 Å². The minimum Gasteiger partial charge on any atom is -0.507 e. The topological polar surface area (TPSA) is 76.1 Å². The van der Waals surface area contributed by atoms with Crippen molar-refractivity contribution in [3.63, 3.8) is 0 Å². The van der Waals surface area contributed by atoms with Crippen molar-refractivity contribution in [1.29, 1.82) is 0 Å². The number of aryl methyl sites for hydroxylation is 1. The number of methoxy groups -OCH3 is 1. The van der Waals surface area contributed by atoms with Gasteiger partial charge in [-0.15, -0.1) is 0 Å². The molecule has 0 spiro atoms. The Bertz CT molecular complexity index is 933. The monoisotopic (exact) mass is 395 g/mol. The van der Waals surface area contributed by atoms with Crippen molar-refractivity contribution in [3.05, 3.63) is 70.8 Å². The number of benzene rings is 2. The number of hydrogen-bond donors (Lipinski definition) is 1. The van der Waals surface area contributed by atoms with Crippen LogP contribution in [0, 0.1) is 6.92 Å². The number of carbonyl (C=O) groups is 2. The van der Waals surface area contributed by atoms with Crippen LogP contribution in [0.4, 0.5) is 0 Å². The summed E-state index contributed by atoms with van der Waals surface area (Å²) >= 11 is 0. The third kappa shape index (κ3) is 4.17. The third-order valence-electron chi connectivity index (χ3n) is 4.87. The van der Waals surface area contributed by atoms with Crippen LogP contribution in [-0.4, -0.2) is 48.6 Å². The molecule has 6 heteroatoms. The normalized spacial score (nSPS) is 18.3. The van der Waals surface area contributed by atoms with Crippen LogP contribution in [0.5, 0.6) is 5.75 Å². The van der Waals surface area contributed by atoms with E-state index in [1.54, 1.807) is 24.3 Å². The maximum Gasteiger partial charge on any atom is 0.295 e. The highest BCUT2D eigenvalue weighted by atomic mass is 16.5. The molecule has 1 aliphatic rings. The molecular formula is C23H25NO5. The Kier molecular flexibility index (Phi) is 6.34. The molecule has 152 valence electrons. The largest absolute Gasteiger partial charge is 0.507 e. The first-order valence-electron chi connectivity index (χ1n) is 9.55. The van der Waals surface area contributed by atoms with Gasteiger partial charge in [0.1, 0.15) is 11.5 Å². The van der Waals surface area contributed by atoms with Crippen molar-refractivity contribution < 1.29 is 24.2 Å². The van der Waals surface area contributed by atoms with E-state index in [-0.39, 0.29) is 17.9 Å². The van der Waals surface area contributed by atoms with Crippen LogP contribution in [0.3, 0.4) is 0 Å². The van der Waals surface area contributed by atoms with E-state index < -0.39 is 17.7 Å². The van der Waals surface area contributed by atoms with Crippen LogP contribution >= 0.6 is 0 Å². The van der Waals surface area contributed by atoms with Gasteiger partial charge in [-0.25, -0.2) is 0 Å². The molecule has 29 heavy (non-hydrogen) atoms. The molecule has 2 aromatic carbocycles. The smallest absolute Gasteiger partial charge is 0.295 e. The Hall–Kier alpha value is -3.12. The van der Waals surface area contributed by atoms with Gasteiger partial charge in [0.05, 0.1) is 24.8 Å². The highest BCUT2D eigenvalue weighted by Crippen LogP contribution is 2.39. The number of aliphatic hydroxyl groups excluding tert-OH is 1. The summed E-state index contributed by atoms with van der Waals surface area (Å²) in [5.41, 5.74) is 2.31. The molecule has 1 N–H and O–H groups in total. The van der Waals surface area contributed by atoms with Crippen LogP contribution in [-0.2, 0) is 14.3 Å². The van der Waals surface area contributed by atoms with Gasteiger partial charge in [0.25, 0.3) is 11.7 Å². The number of aliphatic hydroxyl groups is 1. The van der Waals surface area contributed by atoms with Crippen molar-refractivity contribution in [1.82, 2.24) is 4.90 Å². The molecule has 1 heterocycles. The minimum absolute atomic E-state index is 0.0841. The summed E-state index contributed by atoms with van der Waals surface area (Å²) < 4.78 is 10.5. The second-order valence-electron chi connectivity index (χ2n) is 6.86. The van der Waals surface area contributed by atoms with E-state index in [2.05, 4.69) is 0 Å². The lowest BCUT2D eigenvalue weighted by Crippen LogP contribution is -2.32. The molecular weight excluding hydrogens is 370 g/mol. The second kappa shape index (κ2) is 8.92. The summed E-state index contributed by atoms with van der Waals surface area (Å²) in [5.74, 6) is -0.863. The lowest BCUT2D eigenvalue weighted by molar-refractivity contribution is -0.140. The zero-order chi connectivity index (χ0) is 21.0. The van der Waals surface area contributed by atoms with Gasteiger partial charge < -0.3 is 19.5 Å². The van der Waals surface area contributed by atoms with E-state index >= 15 is 0 Å². The quantitative estimate of drug-likeness (QED) is 0.441. The fourth-order valence-electron chi connectivity index (χ4n) is 3.52. The fourth-order valence-corrected chi connectivity index (χ4v) is 3.52. The summed E-state index contributed by atoms with van der Waals surface area (Å²) in [6.07, 6.45) is 0. The number of ether oxygens (including phenoxy) is 2. The van der Waals surface area contributed by atoms with Crippen LogP contribution < -0.4 is 4.74 Å². The number of nitrogens with zero attached hydrogens (tertiary/aromatic N) is 1. The Morgan fingerprint density at radius 2 is 1.86 bits per heavy atom. The first-order chi connectivity index (χ1) is 14.0. The first kappa shape index (κ1) is 20.6. The number of carbonyl (C=O) groups excluding carboxylic acids is 2. The Morgan fingerprint density at radius 3 is 2.48 bits per heavy atom. The molecule has 0 aliphatic carbocycles. The molecule has 0 bridgehead atoms. The molecule has 1 saturated heterocycles. The molecule has 0 saturated carbocycles. The maximum absolute atomic E-state index is 12.9. The van der Waals surface area contributed by atoms with Gasteiger partial charge in [0.2, 0.25) is 0 Å². The van der Waals surface area contributed by atoms with Crippen molar-refractivity contribution in [2.75, 3.05) is 26.9 Å². The molecule has 0 aromatic heterocycles. The predicted octanol–water partition coefficient (Wildman–Crippen LogP) is 3.46. The number of Topliss-reactive ketones (excluding diaryl/α,β-unsaturated/α-hetero) is 1. The molecule has 6 nitrogen and oxygen atoms in total. The van der Waals surface area contributed by atoms with E-state index in [0.717, 1.165) is 11.1 Å². The average Bonchev–Trinajstić information content (AvgIpc) is 2.97. The van der Waals surface area contributed by atoms with Crippen LogP contribution in [0.1, 0.15) is 29.7 Å². The van der Waals surface area contributed by atoms with Gasteiger partial charge in [0.15, 0.2) is 0 Å². The van der Waals surface area contributed by atoms with Crippen LogP contribution in [0.15, 0.2) is 54.1 Å². The standard InChI is InChI=1S/C23H25NO5/c1-4-29-18-10-8-16(9-11-18)21(25)19-20(17-7-5-6-15(2)14-17)24(12-13-28-3)23(27)22(19)26/h5-11,14,20,25H,4,12-13H2,1-3H3/b21-19-. The predicted molar refractivity (Wildman–Crippen MR) is 110 cm³/mol. The number of hydrogen-bond acceptors (Lipinski definition) is 5. The van der Waals surface area contributed by atoms with E-state index in [4.69, 9.17) is 9.47 Å².